The fourth-order valence-corrected chi connectivity index (χ4v) is 3.97. The van der Waals surface area contributed by atoms with Crippen LogP contribution in [0.1, 0.15) is 39.0 Å². The highest BCUT2D eigenvalue weighted by Crippen LogP contribution is 2.30. The van der Waals surface area contributed by atoms with Crippen LogP contribution in [0.25, 0.3) is 0 Å². The van der Waals surface area contributed by atoms with Gasteiger partial charge in [0, 0.05) is 25.7 Å². The molecule has 0 aromatic heterocycles. The predicted molar refractivity (Wildman–Crippen MR) is 69.1 cm³/mol. The first kappa shape index (κ1) is 11.9. The van der Waals surface area contributed by atoms with E-state index in [0.717, 1.165) is 18.5 Å². The Kier molecular flexibility index (Phi) is 3.69. The summed E-state index contributed by atoms with van der Waals surface area (Å²) < 4.78 is 5.91. The average Bonchev–Trinajstić information content (AvgIpc) is 2.87. The Labute approximate surface area is 105 Å². The summed E-state index contributed by atoms with van der Waals surface area (Å²) in [5.74, 6) is 0.882. The molecule has 17 heavy (non-hydrogen) atoms. The average molecular weight is 238 g/mol. The highest BCUT2D eigenvalue weighted by Gasteiger charge is 2.36. The van der Waals surface area contributed by atoms with Gasteiger partial charge in [0.1, 0.15) is 0 Å². The molecule has 2 bridgehead atoms. The zero-order valence-corrected chi connectivity index (χ0v) is 11.0. The van der Waals surface area contributed by atoms with E-state index in [0.29, 0.717) is 12.2 Å². The maximum atomic E-state index is 5.91. The Hall–Kier alpha value is -0.120. The van der Waals surface area contributed by atoms with Crippen molar-refractivity contribution in [3.63, 3.8) is 0 Å². The van der Waals surface area contributed by atoms with Gasteiger partial charge >= 0.3 is 0 Å². The first-order valence-electron chi connectivity index (χ1n) is 7.46. The molecular weight excluding hydrogens is 212 g/mol. The van der Waals surface area contributed by atoms with Crippen LogP contribution in [-0.4, -0.2) is 49.3 Å². The highest BCUT2D eigenvalue weighted by molar-refractivity contribution is 4.89. The normalized spacial score (nSPS) is 42.2. The number of likely N-dealkylation sites (tertiary alicyclic amines) is 1. The molecule has 4 atom stereocenters. The van der Waals surface area contributed by atoms with Crippen LogP contribution in [0.4, 0.5) is 0 Å². The van der Waals surface area contributed by atoms with Crippen molar-refractivity contribution in [3.8, 4) is 0 Å². The molecule has 3 aliphatic rings. The second kappa shape index (κ2) is 5.25. The van der Waals surface area contributed by atoms with Gasteiger partial charge in [0.25, 0.3) is 0 Å². The minimum Gasteiger partial charge on any atom is -0.372 e. The smallest absolute Gasteiger partial charge is 0.0707 e. The largest absolute Gasteiger partial charge is 0.372 e. The number of ether oxygens (including phenoxy) is 1. The predicted octanol–water partition coefficient (Wildman–Crippen LogP) is 1.63. The molecule has 3 nitrogen and oxygen atoms in total. The van der Waals surface area contributed by atoms with Crippen molar-refractivity contribution in [2.24, 2.45) is 5.92 Å². The van der Waals surface area contributed by atoms with Gasteiger partial charge in [-0.05, 0) is 38.1 Å². The molecule has 98 valence electrons. The van der Waals surface area contributed by atoms with Gasteiger partial charge in [0.05, 0.1) is 12.2 Å². The molecule has 2 aliphatic heterocycles. The van der Waals surface area contributed by atoms with Crippen molar-refractivity contribution in [1.82, 2.24) is 10.2 Å². The fraction of sp³-hybridized carbons (Fsp3) is 1.00. The molecule has 3 fully saturated rings. The molecule has 1 N–H and O–H groups in total. The van der Waals surface area contributed by atoms with Gasteiger partial charge in [-0.25, -0.2) is 0 Å². The van der Waals surface area contributed by atoms with E-state index in [1.807, 2.05) is 0 Å². The maximum absolute atomic E-state index is 5.91. The van der Waals surface area contributed by atoms with Crippen LogP contribution in [-0.2, 0) is 4.74 Å². The summed E-state index contributed by atoms with van der Waals surface area (Å²) in [7, 11) is 0. The van der Waals surface area contributed by atoms with Crippen LogP contribution >= 0.6 is 0 Å². The molecule has 3 heteroatoms. The number of nitrogens with zero attached hydrogens (tertiary/aromatic N) is 1. The van der Waals surface area contributed by atoms with Gasteiger partial charge in [-0.1, -0.05) is 13.3 Å². The number of fused-ring (bicyclic) bond motifs is 2. The van der Waals surface area contributed by atoms with Gasteiger partial charge < -0.3 is 10.1 Å². The van der Waals surface area contributed by atoms with Gasteiger partial charge in [0.15, 0.2) is 0 Å². The third-order valence-corrected chi connectivity index (χ3v) is 4.74. The lowest BCUT2D eigenvalue weighted by atomic mass is 10.0. The molecule has 0 amide bonds. The lowest BCUT2D eigenvalue weighted by molar-refractivity contribution is -0.0431. The third kappa shape index (κ3) is 2.67. The minimum absolute atomic E-state index is 0.549. The topological polar surface area (TPSA) is 24.5 Å². The first-order chi connectivity index (χ1) is 8.35. The van der Waals surface area contributed by atoms with E-state index in [1.54, 1.807) is 0 Å². The summed E-state index contributed by atoms with van der Waals surface area (Å²) in [6.07, 6.45) is 7.91. The Morgan fingerprint density at radius 3 is 2.59 bits per heavy atom. The number of morpholine rings is 1. The lowest BCUT2D eigenvalue weighted by Gasteiger charge is -2.35. The van der Waals surface area contributed by atoms with Crippen LogP contribution in [0.5, 0.6) is 0 Å². The molecule has 2 heterocycles. The van der Waals surface area contributed by atoms with Crippen LogP contribution in [0.2, 0.25) is 0 Å². The number of hydrogen-bond donors (Lipinski definition) is 1. The molecule has 4 unspecified atom stereocenters. The summed E-state index contributed by atoms with van der Waals surface area (Å²) in [5.41, 5.74) is 0. The second-order valence-electron chi connectivity index (χ2n) is 6.03. The minimum atomic E-state index is 0.549. The SMILES string of the molecule is CCNC1CCCC1CN1CC2CCC(C1)O2. The lowest BCUT2D eigenvalue weighted by Crippen LogP contribution is -2.47. The summed E-state index contributed by atoms with van der Waals surface area (Å²) in [5, 5.41) is 3.66. The molecule has 1 aliphatic carbocycles. The van der Waals surface area contributed by atoms with Crippen molar-refractivity contribution in [2.75, 3.05) is 26.2 Å². The fourth-order valence-electron chi connectivity index (χ4n) is 3.97. The van der Waals surface area contributed by atoms with Crippen LogP contribution in [0, 0.1) is 5.92 Å². The van der Waals surface area contributed by atoms with Crippen molar-refractivity contribution < 1.29 is 4.74 Å². The van der Waals surface area contributed by atoms with E-state index in [2.05, 4.69) is 17.1 Å². The van der Waals surface area contributed by atoms with Gasteiger partial charge in [-0.2, -0.15) is 0 Å². The number of nitrogens with one attached hydrogen (secondary N) is 1. The summed E-state index contributed by atoms with van der Waals surface area (Å²) >= 11 is 0. The molecule has 0 spiro atoms. The molecular formula is C14H26N2O. The van der Waals surface area contributed by atoms with Crippen molar-refractivity contribution in [3.05, 3.63) is 0 Å². The molecule has 0 radical (unpaired) electrons. The summed E-state index contributed by atoms with van der Waals surface area (Å²) in [4.78, 5) is 2.67. The molecule has 1 saturated carbocycles. The maximum Gasteiger partial charge on any atom is 0.0707 e. The molecule has 2 saturated heterocycles. The van der Waals surface area contributed by atoms with Gasteiger partial charge in [-0.3, -0.25) is 4.90 Å². The quantitative estimate of drug-likeness (QED) is 0.805. The Morgan fingerprint density at radius 2 is 1.88 bits per heavy atom. The van der Waals surface area contributed by atoms with Crippen LogP contribution < -0.4 is 5.32 Å². The van der Waals surface area contributed by atoms with Crippen LogP contribution in [0.15, 0.2) is 0 Å². The van der Waals surface area contributed by atoms with E-state index in [1.165, 1.54) is 51.7 Å². The summed E-state index contributed by atoms with van der Waals surface area (Å²) in [6, 6.07) is 0.778. The molecule has 0 aromatic rings. The zero-order chi connectivity index (χ0) is 11.7. The molecule has 0 aromatic carbocycles. The van der Waals surface area contributed by atoms with E-state index in [-0.39, 0.29) is 0 Å². The van der Waals surface area contributed by atoms with Crippen LogP contribution in [0.3, 0.4) is 0 Å². The Morgan fingerprint density at radius 1 is 1.12 bits per heavy atom. The van der Waals surface area contributed by atoms with Gasteiger partial charge in [-0.15, -0.1) is 0 Å². The number of rotatable bonds is 4. The van der Waals surface area contributed by atoms with Crippen molar-refractivity contribution >= 4 is 0 Å². The molecule has 3 rings (SSSR count). The number of hydrogen-bond acceptors (Lipinski definition) is 3. The van der Waals surface area contributed by atoms with E-state index in [4.69, 9.17) is 4.74 Å². The van der Waals surface area contributed by atoms with E-state index >= 15 is 0 Å². The second-order valence-corrected chi connectivity index (χ2v) is 6.03. The monoisotopic (exact) mass is 238 g/mol. The van der Waals surface area contributed by atoms with Gasteiger partial charge in [0.2, 0.25) is 0 Å². The van der Waals surface area contributed by atoms with Crippen molar-refractivity contribution in [2.45, 2.75) is 57.3 Å². The third-order valence-electron chi connectivity index (χ3n) is 4.74. The van der Waals surface area contributed by atoms with E-state index in [9.17, 15) is 0 Å². The highest BCUT2D eigenvalue weighted by atomic mass is 16.5. The van der Waals surface area contributed by atoms with E-state index < -0.39 is 0 Å². The standard InChI is InChI=1S/C14H26N2O/c1-2-15-14-5-3-4-11(14)8-16-9-12-6-7-13(10-16)17-12/h11-15H,2-10H2,1H3. The zero-order valence-electron chi connectivity index (χ0n) is 11.0. The Bertz CT molecular complexity index is 247. The summed E-state index contributed by atoms with van der Waals surface area (Å²) in [6.45, 7) is 7.02. The Balaban J connectivity index is 1.52. The first-order valence-corrected chi connectivity index (χ1v) is 7.46. The van der Waals surface area contributed by atoms with Crippen molar-refractivity contribution in [1.29, 1.82) is 0 Å².